The molecule has 7 heteroatoms. The van der Waals surface area contributed by atoms with Crippen LogP contribution in [0.5, 0.6) is 0 Å². The Labute approximate surface area is 112 Å². The standard InChI is InChI=1S/C12H20N4O3/c1-6-16(12(4,5)11(18)19)10(17)9-13-8(7(2)3)14-15-9/h7H,6H2,1-5H3,(H,18,19)(H,13,14,15). The second-order valence-corrected chi connectivity index (χ2v) is 5.11. The Hall–Kier alpha value is -1.92. The molecule has 106 valence electrons. The zero-order valence-corrected chi connectivity index (χ0v) is 11.9. The van der Waals surface area contributed by atoms with Crippen molar-refractivity contribution in [2.75, 3.05) is 6.54 Å². The molecule has 0 spiro atoms. The normalized spacial score (nSPS) is 11.7. The van der Waals surface area contributed by atoms with E-state index in [0.29, 0.717) is 5.82 Å². The quantitative estimate of drug-likeness (QED) is 0.837. The van der Waals surface area contributed by atoms with E-state index in [4.69, 9.17) is 0 Å². The summed E-state index contributed by atoms with van der Waals surface area (Å²) in [7, 11) is 0. The van der Waals surface area contributed by atoms with Crippen LogP contribution >= 0.6 is 0 Å². The van der Waals surface area contributed by atoms with Crippen molar-refractivity contribution in [1.29, 1.82) is 0 Å². The van der Waals surface area contributed by atoms with Crippen LogP contribution in [0.2, 0.25) is 0 Å². The third-order valence-electron chi connectivity index (χ3n) is 3.00. The summed E-state index contributed by atoms with van der Waals surface area (Å²) in [5.74, 6) is -0.829. The minimum Gasteiger partial charge on any atom is -0.480 e. The summed E-state index contributed by atoms with van der Waals surface area (Å²) in [5.41, 5.74) is -1.30. The van der Waals surface area contributed by atoms with Crippen molar-refractivity contribution < 1.29 is 14.7 Å². The minimum atomic E-state index is -1.30. The van der Waals surface area contributed by atoms with Crippen molar-refractivity contribution in [1.82, 2.24) is 20.1 Å². The van der Waals surface area contributed by atoms with E-state index in [9.17, 15) is 14.7 Å². The van der Waals surface area contributed by atoms with E-state index in [0.717, 1.165) is 0 Å². The third kappa shape index (κ3) is 2.91. The van der Waals surface area contributed by atoms with Crippen LogP contribution in [0.1, 0.15) is 57.0 Å². The lowest BCUT2D eigenvalue weighted by Crippen LogP contribution is -2.53. The molecule has 0 atom stereocenters. The molecule has 0 aliphatic rings. The van der Waals surface area contributed by atoms with Gasteiger partial charge in [0, 0.05) is 12.5 Å². The van der Waals surface area contributed by atoms with Gasteiger partial charge in [-0.25, -0.2) is 9.78 Å². The number of nitrogens with zero attached hydrogens (tertiary/aromatic N) is 3. The predicted octanol–water partition coefficient (Wildman–Crippen LogP) is 1.25. The number of aliphatic carboxylic acids is 1. The first-order chi connectivity index (χ1) is 8.71. The summed E-state index contributed by atoms with van der Waals surface area (Å²) in [6, 6.07) is 0. The zero-order chi connectivity index (χ0) is 14.8. The molecule has 0 aliphatic carbocycles. The number of carboxylic acids is 1. The van der Waals surface area contributed by atoms with Crippen LogP contribution in [0.4, 0.5) is 0 Å². The minimum absolute atomic E-state index is 0.000116. The Bertz CT molecular complexity index is 479. The molecule has 7 nitrogen and oxygen atoms in total. The van der Waals surface area contributed by atoms with Crippen molar-refractivity contribution in [3.8, 4) is 0 Å². The van der Waals surface area contributed by atoms with Gasteiger partial charge in [-0.3, -0.25) is 9.89 Å². The fraction of sp³-hybridized carbons (Fsp3) is 0.667. The molecule has 0 saturated carbocycles. The number of aromatic nitrogens is 3. The Morgan fingerprint density at radius 1 is 1.42 bits per heavy atom. The summed E-state index contributed by atoms with van der Waals surface area (Å²) in [6.45, 7) is 8.79. The monoisotopic (exact) mass is 268 g/mol. The number of likely N-dealkylation sites (N-methyl/N-ethyl adjacent to an activating group) is 1. The first-order valence-corrected chi connectivity index (χ1v) is 6.19. The van der Waals surface area contributed by atoms with Crippen LogP contribution in [0.3, 0.4) is 0 Å². The Morgan fingerprint density at radius 2 is 2.00 bits per heavy atom. The van der Waals surface area contributed by atoms with E-state index in [1.807, 2.05) is 13.8 Å². The maximum absolute atomic E-state index is 12.3. The molecular formula is C12H20N4O3. The van der Waals surface area contributed by atoms with Crippen LogP contribution in [-0.2, 0) is 4.79 Å². The summed E-state index contributed by atoms with van der Waals surface area (Å²) < 4.78 is 0. The van der Waals surface area contributed by atoms with Crippen LogP contribution < -0.4 is 0 Å². The number of aromatic amines is 1. The molecule has 0 radical (unpaired) electrons. The summed E-state index contributed by atoms with van der Waals surface area (Å²) in [6.07, 6.45) is 0. The third-order valence-corrected chi connectivity index (χ3v) is 3.00. The van der Waals surface area contributed by atoms with Gasteiger partial charge in [-0.05, 0) is 20.8 Å². The SMILES string of the molecule is CCN(C(=O)c1n[nH]c(C(C)C)n1)C(C)(C)C(=O)O. The van der Waals surface area contributed by atoms with Crippen molar-refractivity contribution >= 4 is 11.9 Å². The Kier molecular flexibility index (Phi) is 4.28. The van der Waals surface area contributed by atoms with Gasteiger partial charge in [-0.15, -0.1) is 5.10 Å². The van der Waals surface area contributed by atoms with Crippen LogP contribution in [0.15, 0.2) is 0 Å². The van der Waals surface area contributed by atoms with Crippen molar-refractivity contribution in [2.45, 2.75) is 46.1 Å². The lowest BCUT2D eigenvalue weighted by molar-refractivity contribution is -0.147. The number of carbonyl (C=O) groups excluding carboxylic acids is 1. The van der Waals surface area contributed by atoms with Crippen molar-refractivity contribution in [3.05, 3.63) is 11.6 Å². The Balaban J connectivity index is 3.05. The molecule has 1 aromatic rings. The fourth-order valence-electron chi connectivity index (χ4n) is 1.66. The smallest absolute Gasteiger partial charge is 0.329 e. The van der Waals surface area contributed by atoms with Crippen LogP contribution in [0, 0.1) is 0 Å². The van der Waals surface area contributed by atoms with E-state index in [2.05, 4.69) is 15.2 Å². The number of carboxylic acid groups (broad SMARTS) is 1. The lowest BCUT2D eigenvalue weighted by Gasteiger charge is -2.33. The van der Waals surface area contributed by atoms with E-state index < -0.39 is 17.4 Å². The second-order valence-electron chi connectivity index (χ2n) is 5.11. The molecule has 1 amide bonds. The number of rotatable bonds is 5. The van der Waals surface area contributed by atoms with Crippen molar-refractivity contribution in [3.63, 3.8) is 0 Å². The topological polar surface area (TPSA) is 99.2 Å². The number of hydrogen-bond donors (Lipinski definition) is 2. The molecule has 0 aliphatic heterocycles. The summed E-state index contributed by atoms with van der Waals surface area (Å²) >= 11 is 0. The van der Waals surface area contributed by atoms with E-state index in [1.54, 1.807) is 6.92 Å². The number of H-pyrrole nitrogens is 1. The van der Waals surface area contributed by atoms with E-state index in [1.165, 1.54) is 18.7 Å². The molecule has 0 bridgehead atoms. The number of nitrogens with one attached hydrogen (secondary N) is 1. The van der Waals surface area contributed by atoms with Crippen LogP contribution in [-0.4, -0.2) is 49.1 Å². The molecule has 0 saturated heterocycles. The average Bonchev–Trinajstić information content (AvgIpc) is 2.78. The van der Waals surface area contributed by atoms with Gasteiger partial charge in [0.15, 0.2) is 0 Å². The molecule has 2 N–H and O–H groups in total. The highest BCUT2D eigenvalue weighted by Gasteiger charge is 2.38. The van der Waals surface area contributed by atoms with E-state index in [-0.39, 0.29) is 18.3 Å². The molecule has 1 rings (SSSR count). The Morgan fingerprint density at radius 3 is 2.37 bits per heavy atom. The molecule has 1 aromatic heterocycles. The maximum Gasteiger partial charge on any atom is 0.329 e. The average molecular weight is 268 g/mol. The van der Waals surface area contributed by atoms with Gasteiger partial charge in [0.25, 0.3) is 5.91 Å². The van der Waals surface area contributed by atoms with E-state index >= 15 is 0 Å². The molecule has 0 aromatic carbocycles. The first-order valence-electron chi connectivity index (χ1n) is 6.19. The van der Waals surface area contributed by atoms with Gasteiger partial charge >= 0.3 is 5.97 Å². The highest BCUT2D eigenvalue weighted by Crippen LogP contribution is 2.17. The number of carbonyl (C=O) groups is 2. The highest BCUT2D eigenvalue weighted by atomic mass is 16.4. The number of hydrogen-bond acceptors (Lipinski definition) is 4. The highest BCUT2D eigenvalue weighted by molar-refractivity contribution is 5.94. The summed E-state index contributed by atoms with van der Waals surface area (Å²) in [4.78, 5) is 28.8. The second kappa shape index (κ2) is 5.38. The number of amides is 1. The van der Waals surface area contributed by atoms with Gasteiger partial charge in [0.05, 0.1) is 0 Å². The van der Waals surface area contributed by atoms with Crippen LogP contribution in [0.25, 0.3) is 0 Å². The zero-order valence-electron chi connectivity index (χ0n) is 11.9. The maximum atomic E-state index is 12.3. The lowest BCUT2D eigenvalue weighted by atomic mass is 10.0. The molecule has 0 fully saturated rings. The fourth-order valence-corrected chi connectivity index (χ4v) is 1.66. The molecule has 19 heavy (non-hydrogen) atoms. The largest absolute Gasteiger partial charge is 0.480 e. The first kappa shape index (κ1) is 15.1. The van der Waals surface area contributed by atoms with Crippen molar-refractivity contribution in [2.24, 2.45) is 0 Å². The molecular weight excluding hydrogens is 248 g/mol. The van der Waals surface area contributed by atoms with Gasteiger partial charge in [0.1, 0.15) is 11.4 Å². The molecule has 1 heterocycles. The van der Waals surface area contributed by atoms with Gasteiger partial charge in [-0.1, -0.05) is 13.8 Å². The van der Waals surface area contributed by atoms with Gasteiger partial charge in [-0.2, -0.15) is 0 Å². The van der Waals surface area contributed by atoms with Gasteiger partial charge in [0.2, 0.25) is 5.82 Å². The van der Waals surface area contributed by atoms with Gasteiger partial charge < -0.3 is 10.0 Å². The predicted molar refractivity (Wildman–Crippen MR) is 68.9 cm³/mol. The molecule has 0 unspecified atom stereocenters. The summed E-state index contributed by atoms with van der Waals surface area (Å²) in [5, 5.41) is 15.7.